The molecule has 0 saturated heterocycles. The van der Waals surface area contributed by atoms with E-state index in [0.29, 0.717) is 51.0 Å². The molecule has 0 radical (unpaired) electrons. The molecule has 12 heteroatoms. The normalized spacial score (nSPS) is 10.9. The smallest absolute Gasteiger partial charge is 0.141 e. The summed E-state index contributed by atoms with van der Waals surface area (Å²) in [6, 6.07) is 22.5. The summed E-state index contributed by atoms with van der Waals surface area (Å²) < 4.78 is 37.9. The van der Waals surface area contributed by atoms with Crippen molar-refractivity contribution in [3.05, 3.63) is 145 Å². The summed E-state index contributed by atoms with van der Waals surface area (Å²) in [6.07, 6.45) is 6.13. The van der Waals surface area contributed by atoms with Crippen molar-refractivity contribution >= 4 is 43.6 Å². The Hall–Kier alpha value is -3.79. The van der Waals surface area contributed by atoms with E-state index in [1.54, 1.807) is 54.7 Å². The van der Waals surface area contributed by atoms with Gasteiger partial charge in [0.05, 0.1) is 6.85 Å². The van der Waals surface area contributed by atoms with E-state index in [0.717, 1.165) is 21.9 Å². The van der Waals surface area contributed by atoms with Crippen LogP contribution in [0, 0.1) is 13.8 Å². The fourth-order valence-corrected chi connectivity index (χ4v) is 4.42. The maximum Gasteiger partial charge on any atom is 0.141 e. The summed E-state index contributed by atoms with van der Waals surface area (Å²) in [4.78, 5) is 15.9. The van der Waals surface area contributed by atoms with Crippen LogP contribution in [-0.4, -0.2) is 40.4 Å². The molecule has 8 nitrogen and oxygen atoms in total. The monoisotopic (exact) mass is 869 g/mol. The zero-order valence-corrected chi connectivity index (χ0v) is 39.6. The fourth-order valence-electron chi connectivity index (χ4n) is 4.42. The van der Waals surface area contributed by atoms with Gasteiger partial charge < -0.3 is 20.4 Å². The molecule has 0 aliphatic heterocycles. The van der Waals surface area contributed by atoms with Gasteiger partial charge in [-0.2, -0.15) is 0 Å². The summed E-state index contributed by atoms with van der Waals surface area (Å²) in [5.74, 6) is 0.408. The Bertz CT molecular complexity index is 2280. The maximum atomic E-state index is 9.47. The molecule has 0 saturated carbocycles. The van der Waals surface area contributed by atoms with Gasteiger partial charge in [-0.1, -0.05) is 60.5 Å². The van der Waals surface area contributed by atoms with E-state index < -0.39 is 0 Å². The molecule has 8 rings (SSSR count). The van der Waals surface area contributed by atoms with Crippen molar-refractivity contribution in [1.82, 2.24) is 19.9 Å². The molecular weight excluding hydrogens is 838 g/mol. The molecule has 0 spiro atoms. The van der Waals surface area contributed by atoms with Crippen molar-refractivity contribution in [2.75, 3.05) is 0 Å². The number of rotatable bonds is 0. The molecule has 236 valence electrons. The van der Waals surface area contributed by atoms with Crippen LogP contribution in [0.25, 0.3) is 43.6 Å². The van der Waals surface area contributed by atoms with Crippen LogP contribution in [0.3, 0.4) is 0 Å². The minimum absolute atomic E-state index is 0. The number of hydrogen-bond donors (Lipinski definition) is 4. The zero-order chi connectivity index (χ0) is 36.8. The van der Waals surface area contributed by atoms with Gasteiger partial charge in [0.2, 0.25) is 0 Å². The second-order valence-corrected chi connectivity index (χ2v) is 9.87. The Morgan fingerprint density at radius 2 is 0.800 bits per heavy atom. The van der Waals surface area contributed by atoms with Gasteiger partial charge in [0, 0.05) is 124 Å². The standard InChI is InChI=1S/2C10H9NO.2C9H7NO.4Zn/c1-7-4-5-9(12)10-8(7)3-2-6-11-10;1-7-5-6-11-10-8(7)3-2-4-9(10)12;2*11-8-5-1-3-7-4-2-6-10-9(7)8;;;;/h2*2-6,12H,1H3;2*1-6,11H;;;;/i2*3D;3D,4D;4D;;;;. The first-order valence-electron chi connectivity index (χ1n) is 16.5. The molecule has 0 aliphatic rings. The molecule has 0 aliphatic carbocycles. The van der Waals surface area contributed by atoms with Crippen molar-refractivity contribution in [3.63, 3.8) is 0 Å². The van der Waals surface area contributed by atoms with Crippen LogP contribution in [0.5, 0.6) is 23.0 Å². The Labute approximate surface area is 348 Å². The number of fused-ring (bicyclic) bond motifs is 4. The minimum Gasteiger partial charge on any atom is -0.506 e. The van der Waals surface area contributed by atoms with E-state index >= 15 is 0 Å². The number of pyridine rings is 4. The summed E-state index contributed by atoms with van der Waals surface area (Å²) in [5, 5.41) is 40.2. The van der Waals surface area contributed by atoms with Crippen LogP contribution in [0.1, 0.15) is 18.0 Å². The maximum absolute atomic E-state index is 9.47. The third-order valence-corrected chi connectivity index (χ3v) is 6.73. The van der Waals surface area contributed by atoms with Crippen molar-refractivity contribution in [2.45, 2.75) is 13.8 Å². The minimum atomic E-state index is 0. The molecule has 4 heterocycles. The van der Waals surface area contributed by atoms with E-state index in [4.69, 9.17) is 6.85 Å². The van der Waals surface area contributed by atoms with E-state index in [1.165, 1.54) is 42.9 Å². The molecule has 50 heavy (non-hydrogen) atoms. The van der Waals surface area contributed by atoms with Crippen LogP contribution >= 0.6 is 0 Å². The van der Waals surface area contributed by atoms with Gasteiger partial charge >= 0.3 is 0 Å². The quantitative estimate of drug-likeness (QED) is 0.112. The first-order chi connectivity index (χ1) is 24.4. The van der Waals surface area contributed by atoms with Gasteiger partial charge in [0.25, 0.3) is 0 Å². The predicted molar refractivity (Wildman–Crippen MR) is 183 cm³/mol. The van der Waals surface area contributed by atoms with Crippen LogP contribution in [0.4, 0.5) is 0 Å². The number of hydrogen-bond acceptors (Lipinski definition) is 8. The molecule has 0 fully saturated rings. The summed E-state index contributed by atoms with van der Waals surface area (Å²) in [6.45, 7) is 3.81. The molecule has 0 atom stereocenters. The van der Waals surface area contributed by atoms with E-state index in [9.17, 15) is 20.4 Å². The third kappa shape index (κ3) is 11.1. The molecule has 0 unspecified atom stereocenters. The van der Waals surface area contributed by atoms with E-state index in [1.807, 2.05) is 19.9 Å². The van der Waals surface area contributed by atoms with Crippen LogP contribution < -0.4 is 0 Å². The number of aromatic hydroxyl groups is 4. The van der Waals surface area contributed by atoms with Gasteiger partial charge in [0.1, 0.15) is 45.1 Å². The number of nitrogens with zero attached hydrogens (tertiary/aromatic N) is 4. The van der Waals surface area contributed by atoms with Crippen molar-refractivity contribution < 1.29 is 105 Å². The Kier molecular flexibility index (Phi) is 15.4. The Morgan fingerprint density at radius 3 is 1.38 bits per heavy atom. The molecule has 4 N–H and O–H groups in total. The fraction of sp³-hybridized carbons (Fsp3) is 0.0526. The van der Waals surface area contributed by atoms with Crippen LogP contribution in [0.2, 0.25) is 0 Å². The first kappa shape index (κ1) is 36.0. The topological polar surface area (TPSA) is 132 Å². The van der Waals surface area contributed by atoms with Gasteiger partial charge in [-0.25, -0.2) is 0 Å². The van der Waals surface area contributed by atoms with Crippen LogP contribution in [0.15, 0.2) is 134 Å². The number of para-hydroxylation sites is 3. The van der Waals surface area contributed by atoms with Crippen molar-refractivity contribution in [2.24, 2.45) is 0 Å². The molecule has 8 aromatic rings. The first-order valence-corrected chi connectivity index (χ1v) is 14.0. The Morgan fingerprint density at radius 1 is 0.400 bits per heavy atom. The SMILES string of the molecule is [2H]c1ccc(O)c2nccc(C)c12.[2H]c1ccnc2c(O)ccc(C)c12.[2H]c1ccnc2c(O)ccc([2H])c12.[2H]c1ccnc2c(O)cccc12.[Zn].[Zn].[Zn].[Zn]. The summed E-state index contributed by atoms with van der Waals surface area (Å²) in [7, 11) is 0. The Balaban J connectivity index is 0.000000358. The second-order valence-electron chi connectivity index (χ2n) is 9.87. The molecule has 4 aromatic carbocycles. The average Bonchev–Trinajstić information content (AvgIpc) is 3.11. The van der Waals surface area contributed by atoms with Gasteiger partial charge in [0.15, 0.2) is 0 Å². The van der Waals surface area contributed by atoms with E-state index in [2.05, 4.69) is 19.9 Å². The number of aromatic nitrogens is 4. The molecule has 4 aromatic heterocycles. The predicted octanol–water partition coefficient (Wildman–Crippen LogP) is 8.37. The van der Waals surface area contributed by atoms with Crippen molar-refractivity contribution in [3.8, 4) is 23.0 Å². The molecule has 0 amide bonds. The summed E-state index contributed by atoms with van der Waals surface area (Å²) >= 11 is 0. The zero-order valence-electron chi connectivity index (χ0n) is 32.7. The van der Waals surface area contributed by atoms with Gasteiger partial charge in [-0.05, 0) is 73.5 Å². The van der Waals surface area contributed by atoms with E-state index in [-0.39, 0.29) is 113 Å². The number of phenols is 4. The third-order valence-electron chi connectivity index (χ3n) is 6.73. The van der Waals surface area contributed by atoms with Gasteiger partial charge in [-0.3, -0.25) is 19.9 Å². The van der Waals surface area contributed by atoms with Gasteiger partial charge in [-0.15, -0.1) is 0 Å². The molecular formula is C38H32N4O4Zn4. The number of aryl methyl sites for hydroxylation is 2. The van der Waals surface area contributed by atoms with Crippen molar-refractivity contribution in [1.29, 1.82) is 0 Å². The molecule has 0 bridgehead atoms. The van der Waals surface area contributed by atoms with Crippen LogP contribution in [-0.2, 0) is 77.9 Å². The number of benzene rings is 4. The average molecular weight is 875 g/mol. The second kappa shape index (κ2) is 21.4. The largest absolute Gasteiger partial charge is 0.506 e. The number of phenolic OH excluding ortho intramolecular Hbond substituents is 4. The summed E-state index contributed by atoms with van der Waals surface area (Å²) in [5.41, 5.74) is 3.75.